The summed E-state index contributed by atoms with van der Waals surface area (Å²) in [6.45, 7) is 10.8. The predicted molar refractivity (Wildman–Crippen MR) is 62.6 cm³/mol. The van der Waals surface area contributed by atoms with Crippen LogP contribution < -0.4 is 5.32 Å². The fourth-order valence-electron chi connectivity index (χ4n) is 1.38. The fraction of sp³-hybridized carbons (Fsp3) is 0.917. The zero-order valence-electron chi connectivity index (χ0n) is 10.6. The normalized spacial score (nSPS) is 17.1. The summed E-state index contributed by atoms with van der Waals surface area (Å²) in [7, 11) is 0. The van der Waals surface area contributed by atoms with E-state index in [4.69, 9.17) is 10.00 Å². The summed E-state index contributed by atoms with van der Waals surface area (Å²) in [5.74, 6) is 0. The van der Waals surface area contributed by atoms with Gasteiger partial charge in [-0.05, 0) is 34.1 Å². The lowest BCUT2D eigenvalue weighted by atomic mass is 9.99. The Morgan fingerprint density at radius 3 is 2.40 bits per heavy atom. The van der Waals surface area contributed by atoms with E-state index in [0.717, 1.165) is 12.8 Å². The van der Waals surface area contributed by atoms with Gasteiger partial charge < -0.3 is 4.74 Å². The number of nitrogens with one attached hydrogen (secondary N) is 1. The summed E-state index contributed by atoms with van der Waals surface area (Å²) in [6, 6.07) is 2.63. The van der Waals surface area contributed by atoms with Gasteiger partial charge in [0, 0.05) is 19.1 Å². The molecule has 0 aliphatic carbocycles. The van der Waals surface area contributed by atoms with E-state index < -0.39 is 5.54 Å². The first-order chi connectivity index (χ1) is 6.93. The summed E-state index contributed by atoms with van der Waals surface area (Å²) >= 11 is 0. The van der Waals surface area contributed by atoms with Gasteiger partial charge in [-0.2, -0.15) is 5.26 Å². The number of nitrogens with zero attached hydrogens (tertiary/aromatic N) is 1. The highest BCUT2D eigenvalue weighted by molar-refractivity contribution is 5.04. The Hall–Kier alpha value is -0.590. The van der Waals surface area contributed by atoms with Gasteiger partial charge in [-0.3, -0.25) is 5.32 Å². The standard InChI is InChI=1S/C12H24N2O/c1-6-11(4)15-8-7-12(5,9-13)14-10(2)3/h10-11,14H,6-8H2,1-5H3. The average Bonchev–Trinajstić information content (AvgIpc) is 2.16. The SMILES string of the molecule is CCC(C)OCCC(C)(C#N)NC(C)C. The lowest BCUT2D eigenvalue weighted by Gasteiger charge is -2.26. The van der Waals surface area contributed by atoms with Crippen LogP contribution in [0.5, 0.6) is 0 Å². The van der Waals surface area contributed by atoms with Gasteiger partial charge in [-0.1, -0.05) is 6.92 Å². The third kappa shape index (κ3) is 6.48. The molecule has 1 N–H and O–H groups in total. The lowest BCUT2D eigenvalue weighted by Crippen LogP contribution is -2.45. The van der Waals surface area contributed by atoms with Crippen LogP contribution in [0.25, 0.3) is 0 Å². The van der Waals surface area contributed by atoms with Crippen molar-refractivity contribution in [2.45, 2.75) is 65.1 Å². The van der Waals surface area contributed by atoms with Crippen molar-refractivity contribution in [2.24, 2.45) is 0 Å². The van der Waals surface area contributed by atoms with Crippen LogP contribution in [0, 0.1) is 11.3 Å². The molecule has 88 valence electrons. The molecule has 0 amide bonds. The molecular formula is C12H24N2O. The zero-order valence-corrected chi connectivity index (χ0v) is 10.6. The Bertz CT molecular complexity index is 210. The van der Waals surface area contributed by atoms with Crippen LogP contribution in [0.2, 0.25) is 0 Å². The van der Waals surface area contributed by atoms with Crippen molar-refractivity contribution in [3.63, 3.8) is 0 Å². The van der Waals surface area contributed by atoms with E-state index in [0.29, 0.717) is 12.6 Å². The Morgan fingerprint density at radius 1 is 1.40 bits per heavy atom. The van der Waals surface area contributed by atoms with E-state index in [1.807, 2.05) is 20.8 Å². The van der Waals surface area contributed by atoms with Crippen molar-refractivity contribution in [3.05, 3.63) is 0 Å². The quantitative estimate of drug-likeness (QED) is 0.705. The zero-order chi connectivity index (χ0) is 11.9. The van der Waals surface area contributed by atoms with Gasteiger partial charge in [0.25, 0.3) is 0 Å². The third-order valence-corrected chi connectivity index (χ3v) is 2.43. The molecule has 3 heteroatoms. The molecule has 0 aromatic heterocycles. The van der Waals surface area contributed by atoms with Gasteiger partial charge in [0.1, 0.15) is 5.54 Å². The maximum atomic E-state index is 9.09. The van der Waals surface area contributed by atoms with Crippen LogP contribution in [0.15, 0.2) is 0 Å². The summed E-state index contributed by atoms with van der Waals surface area (Å²) in [5.41, 5.74) is -0.471. The van der Waals surface area contributed by atoms with Crippen LogP contribution >= 0.6 is 0 Å². The minimum Gasteiger partial charge on any atom is -0.378 e. The largest absolute Gasteiger partial charge is 0.378 e. The molecule has 0 fully saturated rings. The number of ether oxygens (including phenoxy) is 1. The molecule has 0 aliphatic heterocycles. The second-order valence-corrected chi connectivity index (χ2v) is 4.58. The van der Waals surface area contributed by atoms with Gasteiger partial charge >= 0.3 is 0 Å². The second kappa shape index (κ2) is 6.81. The lowest BCUT2D eigenvalue weighted by molar-refractivity contribution is 0.0529. The Labute approximate surface area is 93.8 Å². The molecular weight excluding hydrogens is 188 g/mol. The van der Waals surface area contributed by atoms with E-state index in [9.17, 15) is 0 Å². The van der Waals surface area contributed by atoms with Crippen molar-refractivity contribution < 1.29 is 4.74 Å². The van der Waals surface area contributed by atoms with Crippen LogP contribution in [0.4, 0.5) is 0 Å². The van der Waals surface area contributed by atoms with Crippen molar-refractivity contribution in [3.8, 4) is 6.07 Å². The van der Waals surface area contributed by atoms with E-state index in [1.54, 1.807) is 0 Å². The third-order valence-electron chi connectivity index (χ3n) is 2.43. The van der Waals surface area contributed by atoms with Gasteiger partial charge in [0.05, 0.1) is 12.2 Å². The van der Waals surface area contributed by atoms with Gasteiger partial charge in [-0.25, -0.2) is 0 Å². The molecule has 0 aromatic carbocycles. The number of hydrogen-bond donors (Lipinski definition) is 1. The Kier molecular flexibility index (Phi) is 6.55. The molecule has 2 unspecified atom stereocenters. The molecule has 3 nitrogen and oxygen atoms in total. The summed E-state index contributed by atoms with van der Waals surface area (Å²) in [4.78, 5) is 0. The van der Waals surface area contributed by atoms with Crippen LogP contribution in [0.1, 0.15) is 47.5 Å². The van der Waals surface area contributed by atoms with Crippen molar-refractivity contribution in [1.29, 1.82) is 5.26 Å². The van der Waals surface area contributed by atoms with Gasteiger partial charge in [-0.15, -0.1) is 0 Å². The molecule has 0 bridgehead atoms. The molecule has 0 aliphatic rings. The minimum atomic E-state index is -0.471. The van der Waals surface area contributed by atoms with E-state index in [2.05, 4.69) is 25.2 Å². The first kappa shape index (κ1) is 14.4. The molecule has 0 heterocycles. The van der Waals surface area contributed by atoms with Crippen LogP contribution in [-0.2, 0) is 4.74 Å². The highest BCUT2D eigenvalue weighted by Gasteiger charge is 2.24. The van der Waals surface area contributed by atoms with E-state index >= 15 is 0 Å². The fourth-order valence-corrected chi connectivity index (χ4v) is 1.38. The number of hydrogen-bond acceptors (Lipinski definition) is 3. The Balaban J connectivity index is 3.95. The van der Waals surface area contributed by atoms with Crippen LogP contribution in [0.3, 0.4) is 0 Å². The average molecular weight is 212 g/mol. The molecule has 0 saturated heterocycles. The molecule has 0 spiro atoms. The predicted octanol–water partition coefficient (Wildman–Crippen LogP) is 2.47. The Morgan fingerprint density at radius 2 is 2.00 bits per heavy atom. The number of nitriles is 1. The monoisotopic (exact) mass is 212 g/mol. The van der Waals surface area contributed by atoms with E-state index in [-0.39, 0.29) is 6.10 Å². The number of rotatable bonds is 7. The molecule has 15 heavy (non-hydrogen) atoms. The maximum Gasteiger partial charge on any atom is 0.106 e. The van der Waals surface area contributed by atoms with E-state index in [1.165, 1.54) is 0 Å². The first-order valence-electron chi connectivity index (χ1n) is 5.74. The van der Waals surface area contributed by atoms with Gasteiger partial charge in [0.2, 0.25) is 0 Å². The van der Waals surface area contributed by atoms with Crippen molar-refractivity contribution >= 4 is 0 Å². The molecule has 0 saturated carbocycles. The van der Waals surface area contributed by atoms with Crippen LogP contribution in [-0.4, -0.2) is 24.3 Å². The highest BCUT2D eigenvalue weighted by atomic mass is 16.5. The molecule has 0 rings (SSSR count). The summed E-state index contributed by atoms with van der Waals surface area (Å²) in [6.07, 6.45) is 2.03. The topological polar surface area (TPSA) is 45.0 Å². The minimum absolute atomic E-state index is 0.284. The molecule has 0 radical (unpaired) electrons. The highest BCUT2D eigenvalue weighted by Crippen LogP contribution is 2.10. The first-order valence-corrected chi connectivity index (χ1v) is 5.74. The summed E-state index contributed by atoms with van der Waals surface area (Å²) in [5, 5.41) is 12.3. The summed E-state index contributed by atoms with van der Waals surface area (Å²) < 4.78 is 5.58. The smallest absolute Gasteiger partial charge is 0.106 e. The molecule has 0 aromatic rings. The van der Waals surface area contributed by atoms with Crippen molar-refractivity contribution in [1.82, 2.24) is 5.32 Å². The maximum absolute atomic E-state index is 9.09. The van der Waals surface area contributed by atoms with Crippen molar-refractivity contribution in [2.75, 3.05) is 6.61 Å². The molecule has 2 atom stereocenters. The van der Waals surface area contributed by atoms with Gasteiger partial charge in [0.15, 0.2) is 0 Å². The second-order valence-electron chi connectivity index (χ2n) is 4.58.